The van der Waals surface area contributed by atoms with Crippen LogP contribution in [0.25, 0.3) is 0 Å². The van der Waals surface area contributed by atoms with Gasteiger partial charge in [-0.3, -0.25) is 37.3 Å². The molecule has 0 aromatic rings. The Bertz CT molecular complexity index is 2680. The van der Waals surface area contributed by atoms with Crippen LogP contribution in [-0.2, 0) is 65.4 Å². The molecule has 5 unspecified atom stereocenters. The van der Waals surface area contributed by atoms with Crippen LogP contribution in [0.5, 0.6) is 0 Å². The van der Waals surface area contributed by atoms with E-state index in [4.69, 9.17) is 37.0 Å². The number of unbranched alkanes of at least 4 members (excludes halogenated alkanes) is 20. The largest absolute Gasteiger partial charge is 0.472 e. The minimum atomic E-state index is -5.01. The quantitative estimate of drug-likeness (QED) is 0.0169. The normalized spacial score (nSPS) is 14.7. The van der Waals surface area contributed by atoms with Gasteiger partial charge in [0.15, 0.2) is 12.2 Å². The van der Waals surface area contributed by atoms with Gasteiger partial charge >= 0.3 is 39.5 Å². The molecule has 602 valence electrons. The zero-order chi connectivity index (χ0) is 77.4. The Hall–Kier alpha value is -5.58. The molecule has 0 aromatic carbocycles. The van der Waals surface area contributed by atoms with Crippen molar-refractivity contribution >= 4 is 39.5 Å². The summed E-state index contributed by atoms with van der Waals surface area (Å²) >= 11 is 0. The van der Waals surface area contributed by atoms with Gasteiger partial charge in [0.25, 0.3) is 0 Å². The Kier molecular flexibility index (Phi) is 73.5. The van der Waals surface area contributed by atoms with Gasteiger partial charge in [-0.15, -0.1) is 0 Å². The summed E-state index contributed by atoms with van der Waals surface area (Å²) in [5.41, 5.74) is 0. The van der Waals surface area contributed by atoms with E-state index in [2.05, 4.69) is 180 Å². The summed E-state index contributed by atoms with van der Waals surface area (Å²) in [5, 5.41) is 10.6. The predicted octanol–water partition coefficient (Wildman–Crippen LogP) is 23.8. The molecule has 0 aromatic heterocycles. The average molecular weight is 1520 g/mol. The van der Waals surface area contributed by atoms with Gasteiger partial charge in [0.2, 0.25) is 0 Å². The highest BCUT2D eigenvalue weighted by molar-refractivity contribution is 7.47. The van der Waals surface area contributed by atoms with E-state index in [1.54, 1.807) is 0 Å². The third-order valence-electron chi connectivity index (χ3n) is 16.2. The minimum Gasteiger partial charge on any atom is -0.462 e. The molecule has 106 heavy (non-hydrogen) atoms. The highest BCUT2D eigenvalue weighted by Gasteiger charge is 2.30. The number of hydrogen-bond acceptors (Lipinski definition) is 15. The van der Waals surface area contributed by atoms with Crippen LogP contribution in [0.15, 0.2) is 170 Å². The smallest absolute Gasteiger partial charge is 0.462 e. The molecular weight excluding hydrogens is 1380 g/mol. The zero-order valence-corrected chi connectivity index (χ0v) is 67.6. The van der Waals surface area contributed by atoms with Crippen molar-refractivity contribution in [3.63, 3.8) is 0 Å². The SMILES string of the molecule is CC/C=C\C/C=C\C/C=C\C/C=C\C/C=C\C/C=C\CCC(=O)OCC(COP(=O)(O)OCC(O)COP(=O)(O)OCC(COC(=O)CCCCCC/C=C\C/C=C\C/C=C\C/C=C\CC)OC(=O)CCCCCCC/C=C\CCCCCC)OC(=O)CCCCCCCCC/C=C\C/C=C\C/C=C\CC. The van der Waals surface area contributed by atoms with Gasteiger partial charge in [0.05, 0.1) is 26.4 Å². The molecule has 0 aliphatic carbocycles. The highest BCUT2D eigenvalue weighted by atomic mass is 31.2. The molecule has 19 heteroatoms. The maximum Gasteiger partial charge on any atom is 0.472 e. The van der Waals surface area contributed by atoms with E-state index >= 15 is 0 Å². The van der Waals surface area contributed by atoms with Crippen molar-refractivity contribution in [2.45, 2.75) is 316 Å². The van der Waals surface area contributed by atoms with E-state index in [1.807, 2.05) is 18.2 Å². The molecule has 3 N–H and O–H groups in total. The van der Waals surface area contributed by atoms with Crippen LogP contribution >= 0.6 is 15.6 Å². The summed E-state index contributed by atoms with van der Waals surface area (Å²) in [6.45, 7) is 4.38. The second-order valence-corrected chi connectivity index (χ2v) is 29.1. The van der Waals surface area contributed by atoms with Crippen molar-refractivity contribution in [3.8, 4) is 0 Å². The molecule has 0 heterocycles. The Morgan fingerprint density at radius 2 is 0.509 bits per heavy atom. The molecule has 0 bridgehead atoms. The van der Waals surface area contributed by atoms with Crippen LogP contribution in [-0.4, -0.2) is 96.7 Å². The molecule has 0 amide bonds. The Morgan fingerprint density at radius 1 is 0.274 bits per heavy atom. The molecule has 17 nitrogen and oxygen atoms in total. The first-order chi connectivity index (χ1) is 51.7. The maximum absolute atomic E-state index is 13.1. The lowest BCUT2D eigenvalue weighted by Gasteiger charge is -2.21. The third-order valence-corrected chi connectivity index (χ3v) is 18.1. The number of aliphatic hydroxyl groups excluding tert-OH is 1. The second-order valence-electron chi connectivity index (χ2n) is 26.2. The Labute approximate surface area is 642 Å². The van der Waals surface area contributed by atoms with Crippen LogP contribution < -0.4 is 0 Å². The van der Waals surface area contributed by atoms with Crippen LogP contribution in [0.3, 0.4) is 0 Å². The number of esters is 4. The number of rotatable bonds is 74. The highest BCUT2D eigenvalue weighted by Crippen LogP contribution is 2.45. The van der Waals surface area contributed by atoms with E-state index in [1.165, 1.54) is 25.7 Å². The van der Waals surface area contributed by atoms with Crippen LogP contribution in [0, 0.1) is 0 Å². The fraction of sp³-hybridized carbons (Fsp3) is 0.632. The number of phosphoric ester groups is 2. The number of allylic oxidation sites excluding steroid dienone is 28. The number of phosphoric acid groups is 2. The standard InChI is InChI=1S/C87H142O17P2/c1-5-9-13-17-21-25-29-33-36-39-40-43-45-49-52-56-60-64-68-72-85(90)98-78-83(104-87(92)74-70-66-62-58-54-50-46-42-38-35-31-27-23-19-15-11-7-3)80-102-106(95,96)100-76-81(88)75-99-105(93,94)101-79-82(103-86(91)73-69-65-61-57-53-47-32-28-24-20-16-12-8-4)77-97-84(89)71-67-63-59-55-51-48-44-41-37-34-30-26-22-18-14-10-6-2/h9-11,13-15,21-23,25-28,32-38,40,43-44,48-49,52,60,64,81-83,88H,5-8,12,16-20,24,29-31,39,41-42,45-47,50-51,53-59,61-63,65-80H2,1-4H3,(H,93,94)(H,95,96)/b13-9-,14-10-,15-11-,25-21-,26-22-,27-23-,32-28-,36-33-,37-34-,38-35-,43-40-,48-44-,52-49-,64-60-. The molecule has 0 aliphatic rings. The van der Waals surface area contributed by atoms with Gasteiger partial charge in [0.1, 0.15) is 19.3 Å². The van der Waals surface area contributed by atoms with Crippen LogP contribution in [0.4, 0.5) is 0 Å². The lowest BCUT2D eigenvalue weighted by Crippen LogP contribution is -2.30. The van der Waals surface area contributed by atoms with Crippen LogP contribution in [0.1, 0.15) is 297 Å². The first-order valence-corrected chi connectivity index (χ1v) is 43.4. The minimum absolute atomic E-state index is 0.0278. The number of aliphatic hydroxyl groups is 1. The zero-order valence-electron chi connectivity index (χ0n) is 65.8. The van der Waals surface area contributed by atoms with E-state index in [9.17, 15) is 43.2 Å². The maximum atomic E-state index is 13.1. The van der Waals surface area contributed by atoms with Crippen molar-refractivity contribution in [1.29, 1.82) is 0 Å². The molecule has 5 atom stereocenters. The topological polar surface area (TPSA) is 237 Å². The molecule has 0 saturated carbocycles. The number of hydrogen-bond donors (Lipinski definition) is 3. The molecule has 0 rings (SSSR count). The summed E-state index contributed by atoms with van der Waals surface area (Å²) in [6, 6.07) is 0. The molecule has 0 spiro atoms. The van der Waals surface area contributed by atoms with Gasteiger partial charge in [0, 0.05) is 25.7 Å². The molecule has 0 fully saturated rings. The fourth-order valence-corrected chi connectivity index (χ4v) is 11.7. The Morgan fingerprint density at radius 3 is 0.821 bits per heavy atom. The molecular formula is C87H142O17P2. The predicted molar refractivity (Wildman–Crippen MR) is 436 cm³/mol. The van der Waals surface area contributed by atoms with Crippen molar-refractivity contribution in [2.75, 3.05) is 39.6 Å². The number of carbonyl (C=O) groups excluding carboxylic acids is 4. The van der Waals surface area contributed by atoms with Crippen molar-refractivity contribution < 1.29 is 80.2 Å². The van der Waals surface area contributed by atoms with Crippen molar-refractivity contribution in [1.82, 2.24) is 0 Å². The molecule has 0 radical (unpaired) electrons. The monoisotopic (exact) mass is 1520 g/mol. The summed E-state index contributed by atoms with van der Waals surface area (Å²) in [7, 11) is -10.0. The molecule has 0 aliphatic heterocycles. The first kappa shape index (κ1) is 100. The van der Waals surface area contributed by atoms with Gasteiger partial charge < -0.3 is 33.8 Å². The number of carbonyl (C=O) groups is 4. The first-order valence-electron chi connectivity index (χ1n) is 40.4. The lowest BCUT2D eigenvalue weighted by molar-refractivity contribution is -0.161. The van der Waals surface area contributed by atoms with Gasteiger partial charge in [-0.1, -0.05) is 281 Å². The van der Waals surface area contributed by atoms with E-state index in [0.717, 1.165) is 186 Å². The van der Waals surface area contributed by atoms with Gasteiger partial charge in [-0.25, -0.2) is 9.13 Å². The summed E-state index contributed by atoms with van der Waals surface area (Å²) in [6.07, 6.45) is 92.0. The van der Waals surface area contributed by atoms with Crippen molar-refractivity contribution in [2.24, 2.45) is 0 Å². The van der Waals surface area contributed by atoms with E-state index < -0.39 is 97.5 Å². The average Bonchev–Trinajstić information content (AvgIpc) is 0.907. The van der Waals surface area contributed by atoms with Crippen LogP contribution in [0.2, 0.25) is 0 Å². The van der Waals surface area contributed by atoms with E-state index in [0.29, 0.717) is 32.1 Å². The summed E-state index contributed by atoms with van der Waals surface area (Å²) in [4.78, 5) is 73.0. The fourth-order valence-electron chi connectivity index (χ4n) is 10.1. The number of ether oxygens (including phenoxy) is 4. The van der Waals surface area contributed by atoms with Crippen molar-refractivity contribution in [3.05, 3.63) is 170 Å². The summed E-state index contributed by atoms with van der Waals surface area (Å²) in [5.74, 6) is -2.33. The molecule has 0 saturated heterocycles. The lowest BCUT2D eigenvalue weighted by atomic mass is 10.1. The summed E-state index contributed by atoms with van der Waals surface area (Å²) < 4.78 is 68.5. The third kappa shape index (κ3) is 76.6. The van der Waals surface area contributed by atoms with Gasteiger partial charge in [-0.2, -0.15) is 0 Å². The Balaban J connectivity index is 5.47. The second kappa shape index (κ2) is 77.6. The van der Waals surface area contributed by atoms with Gasteiger partial charge in [-0.05, 0) is 161 Å². The van der Waals surface area contributed by atoms with E-state index in [-0.39, 0.29) is 25.7 Å².